The molecule has 0 bridgehead atoms. The van der Waals surface area contributed by atoms with Gasteiger partial charge in [-0.05, 0) is 86.5 Å². The smallest absolute Gasteiger partial charge is 0.168 e. The van der Waals surface area contributed by atoms with Gasteiger partial charge in [0.05, 0.1) is 12.4 Å². The lowest BCUT2D eigenvalue weighted by Gasteiger charge is -2.48. The first-order valence-corrected chi connectivity index (χ1v) is 10.6. The van der Waals surface area contributed by atoms with E-state index in [4.69, 9.17) is 4.74 Å². The molecule has 3 unspecified atom stereocenters. The minimum Gasteiger partial charge on any atom is -0.512 e. The molecule has 27 heavy (non-hydrogen) atoms. The first-order valence-electron chi connectivity index (χ1n) is 10.6. The number of aliphatic hydroxyl groups excluding tert-OH is 1. The molecule has 1 N–H and O–H groups in total. The van der Waals surface area contributed by atoms with Crippen molar-refractivity contribution in [1.82, 2.24) is 0 Å². The zero-order valence-electron chi connectivity index (χ0n) is 16.9. The number of ether oxygens (including phenoxy) is 1. The second-order valence-electron chi connectivity index (χ2n) is 9.03. The number of hydrogen-bond acceptors (Lipinski definition) is 3. The lowest BCUT2D eigenvalue weighted by molar-refractivity contribution is -0.127. The van der Waals surface area contributed by atoms with Crippen LogP contribution in [0.4, 0.5) is 0 Å². The van der Waals surface area contributed by atoms with Crippen LogP contribution < -0.4 is 4.74 Å². The van der Waals surface area contributed by atoms with Gasteiger partial charge in [0, 0.05) is 11.0 Å². The van der Waals surface area contributed by atoms with Gasteiger partial charge in [0.15, 0.2) is 5.78 Å². The van der Waals surface area contributed by atoms with Gasteiger partial charge in [-0.2, -0.15) is 0 Å². The Morgan fingerprint density at radius 2 is 2.15 bits per heavy atom. The molecule has 0 heterocycles. The number of allylic oxidation sites excluding steroid dienone is 2. The maximum absolute atomic E-state index is 13.0. The van der Waals surface area contributed by atoms with E-state index in [1.807, 2.05) is 0 Å². The molecule has 0 aliphatic heterocycles. The number of hydrogen-bond donors (Lipinski definition) is 1. The summed E-state index contributed by atoms with van der Waals surface area (Å²) in [6.45, 7) is 6.79. The minimum absolute atomic E-state index is 0.205. The SMILES string of the molecule is CCCCOc1ccc2c(c1)CCC1C2CC[C@]2(C)C(=O)/C(=C(/C)O)CC12. The Balaban J connectivity index is 1.59. The second-order valence-corrected chi connectivity index (χ2v) is 9.03. The Hall–Kier alpha value is -1.77. The number of unbranched alkanes of at least 4 members (excludes halogenated alkanes) is 1. The number of fused-ring (bicyclic) bond motifs is 5. The molecular formula is C24H32O3. The Morgan fingerprint density at radius 3 is 2.89 bits per heavy atom. The molecule has 0 amide bonds. The highest BCUT2D eigenvalue weighted by molar-refractivity contribution is 6.02. The predicted octanol–water partition coefficient (Wildman–Crippen LogP) is 5.73. The molecule has 2 saturated carbocycles. The molecule has 3 nitrogen and oxygen atoms in total. The van der Waals surface area contributed by atoms with Gasteiger partial charge >= 0.3 is 0 Å². The monoisotopic (exact) mass is 368 g/mol. The Labute approximate surface area is 162 Å². The van der Waals surface area contributed by atoms with Gasteiger partial charge in [-0.3, -0.25) is 4.79 Å². The average molecular weight is 369 g/mol. The van der Waals surface area contributed by atoms with E-state index in [1.165, 1.54) is 11.1 Å². The van der Waals surface area contributed by atoms with Gasteiger partial charge in [-0.1, -0.05) is 26.3 Å². The Morgan fingerprint density at radius 1 is 1.33 bits per heavy atom. The highest BCUT2D eigenvalue weighted by atomic mass is 16.5. The van der Waals surface area contributed by atoms with Gasteiger partial charge in [-0.25, -0.2) is 0 Å². The van der Waals surface area contributed by atoms with Crippen molar-refractivity contribution in [1.29, 1.82) is 0 Å². The number of carbonyl (C=O) groups excluding carboxylic acids is 1. The predicted molar refractivity (Wildman–Crippen MR) is 107 cm³/mol. The van der Waals surface area contributed by atoms with E-state index >= 15 is 0 Å². The molecule has 0 saturated heterocycles. The number of aryl methyl sites for hydroxylation is 1. The van der Waals surface area contributed by atoms with Crippen LogP contribution in [0.25, 0.3) is 0 Å². The van der Waals surface area contributed by atoms with Crippen molar-refractivity contribution in [2.75, 3.05) is 6.61 Å². The summed E-state index contributed by atoms with van der Waals surface area (Å²) in [4.78, 5) is 13.0. The van der Waals surface area contributed by atoms with E-state index in [-0.39, 0.29) is 17.0 Å². The van der Waals surface area contributed by atoms with Crippen molar-refractivity contribution in [2.45, 2.75) is 71.6 Å². The molecule has 1 aromatic carbocycles. The standard InChI is InChI=1S/C24H32O3/c1-4-5-12-27-17-7-9-18-16(13-17)6-8-20-19(18)10-11-24(3)22(20)14-21(15(2)25)23(24)26/h7,9,13,19-20,22,25H,4-6,8,10-12,14H2,1-3H3/b21-15-/t19?,20?,22?,24-/m0/s1. The van der Waals surface area contributed by atoms with Crippen molar-refractivity contribution in [3.63, 3.8) is 0 Å². The van der Waals surface area contributed by atoms with E-state index in [2.05, 4.69) is 32.0 Å². The largest absolute Gasteiger partial charge is 0.512 e. The number of rotatable bonds is 4. The number of carbonyl (C=O) groups is 1. The van der Waals surface area contributed by atoms with Crippen molar-refractivity contribution >= 4 is 5.78 Å². The van der Waals surface area contributed by atoms with Crippen LogP contribution in [0.15, 0.2) is 29.5 Å². The van der Waals surface area contributed by atoms with Crippen molar-refractivity contribution in [3.8, 4) is 5.75 Å². The summed E-state index contributed by atoms with van der Waals surface area (Å²) in [5.74, 6) is 2.90. The first kappa shape index (κ1) is 18.6. The summed E-state index contributed by atoms with van der Waals surface area (Å²) in [5, 5.41) is 10.0. The topological polar surface area (TPSA) is 46.5 Å². The van der Waals surface area contributed by atoms with E-state index in [0.29, 0.717) is 23.3 Å². The van der Waals surface area contributed by atoms with Crippen LogP contribution in [0.3, 0.4) is 0 Å². The highest BCUT2D eigenvalue weighted by Crippen LogP contribution is 2.61. The number of ketones is 1. The normalized spacial score (nSPS) is 33.9. The average Bonchev–Trinajstić information content (AvgIpc) is 2.93. The van der Waals surface area contributed by atoms with Gasteiger partial charge in [0.1, 0.15) is 5.75 Å². The zero-order chi connectivity index (χ0) is 19.2. The van der Waals surface area contributed by atoms with Crippen LogP contribution >= 0.6 is 0 Å². The first-order chi connectivity index (χ1) is 13.0. The van der Waals surface area contributed by atoms with Gasteiger partial charge in [0.25, 0.3) is 0 Å². The number of benzene rings is 1. The van der Waals surface area contributed by atoms with Crippen LogP contribution in [-0.2, 0) is 11.2 Å². The summed E-state index contributed by atoms with van der Waals surface area (Å²) in [5.41, 5.74) is 3.32. The zero-order valence-corrected chi connectivity index (χ0v) is 16.9. The molecule has 3 aliphatic carbocycles. The van der Waals surface area contributed by atoms with E-state index in [1.54, 1.807) is 6.92 Å². The van der Waals surface area contributed by atoms with E-state index in [9.17, 15) is 9.90 Å². The lowest BCUT2D eigenvalue weighted by Crippen LogP contribution is -2.42. The highest BCUT2D eigenvalue weighted by Gasteiger charge is 2.56. The molecule has 4 atom stereocenters. The third kappa shape index (κ3) is 2.99. The van der Waals surface area contributed by atoms with E-state index < -0.39 is 0 Å². The van der Waals surface area contributed by atoms with Gasteiger partial charge in [-0.15, -0.1) is 0 Å². The number of Topliss-reactive ketones (excluding diaryl/α,β-unsaturated/α-hetero) is 1. The maximum Gasteiger partial charge on any atom is 0.168 e. The lowest BCUT2D eigenvalue weighted by atomic mass is 9.55. The van der Waals surface area contributed by atoms with Crippen molar-refractivity contribution < 1.29 is 14.6 Å². The molecule has 3 aliphatic rings. The second kappa shape index (κ2) is 7.00. The Kier molecular flexibility index (Phi) is 4.82. The fourth-order valence-corrected chi connectivity index (χ4v) is 5.93. The van der Waals surface area contributed by atoms with Crippen LogP contribution in [0.2, 0.25) is 0 Å². The molecule has 3 heteroatoms. The molecule has 146 valence electrons. The molecule has 2 fully saturated rings. The number of aliphatic hydroxyl groups is 1. The van der Waals surface area contributed by atoms with Crippen molar-refractivity contribution in [2.24, 2.45) is 17.3 Å². The summed E-state index contributed by atoms with van der Waals surface area (Å²) in [7, 11) is 0. The fraction of sp³-hybridized carbons (Fsp3) is 0.625. The molecular weight excluding hydrogens is 336 g/mol. The molecule has 0 spiro atoms. The van der Waals surface area contributed by atoms with Crippen LogP contribution in [0.1, 0.15) is 76.3 Å². The third-order valence-corrected chi connectivity index (χ3v) is 7.51. The van der Waals surface area contributed by atoms with Crippen LogP contribution in [0.5, 0.6) is 5.75 Å². The fourth-order valence-electron chi connectivity index (χ4n) is 5.93. The van der Waals surface area contributed by atoms with Gasteiger partial charge in [0.2, 0.25) is 0 Å². The summed E-state index contributed by atoms with van der Waals surface area (Å²) < 4.78 is 5.91. The van der Waals surface area contributed by atoms with Crippen LogP contribution in [0, 0.1) is 17.3 Å². The minimum atomic E-state index is -0.277. The van der Waals surface area contributed by atoms with Gasteiger partial charge < -0.3 is 9.84 Å². The Bertz CT molecular complexity index is 774. The molecule has 0 radical (unpaired) electrons. The molecule has 0 aromatic heterocycles. The molecule has 1 aromatic rings. The molecule has 4 rings (SSSR count). The van der Waals surface area contributed by atoms with Crippen molar-refractivity contribution in [3.05, 3.63) is 40.7 Å². The summed E-state index contributed by atoms with van der Waals surface area (Å²) in [6, 6.07) is 6.66. The summed E-state index contributed by atoms with van der Waals surface area (Å²) >= 11 is 0. The summed E-state index contributed by atoms with van der Waals surface area (Å²) in [6.07, 6.45) is 7.22. The van der Waals surface area contributed by atoms with Crippen LogP contribution in [-0.4, -0.2) is 17.5 Å². The quantitative estimate of drug-likeness (QED) is 0.419. The maximum atomic E-state index is 13.0. The van der Waals surface area contributed by atoms with E-state index in [0.717, 1.165) is 57.3 Å². The third-order valence-electron chi connectivity index (χ3n) is 7.51.